The van der Waals surface area contributed by atoms with Gasteiger partial charge in [-0.2, -0.15) is 0 Å². The number of amides is 3. The summed E-state index contributed by atoms with van der Waals surface area (Å²) in [4.78, 5) is 39.4. The van der Waals surface area contributed by atoms with Crippen molar-refractivity contribution in [1.29, 1.82) is 0 Å². The zero-order chi connectivity index (χ0) is 21.0. The van der Waals surface area contributed by atoms with E-state index in [1.165, 1.54) is 22.6 Å². The predicted octanol–water partition coefficient (Wildman–Crippen LogP) is 1.77. The average molecular weight is 398 g/mol. The molecule has 0 bridgehead atoms. The second kappa shape index (κ2) is 8.72. The molecule has 0 saturated carbocycles. The molecule has 8 heteroatoms. The maximum atomic E-state index is 13.8. The molecule has 1 saturated heterocycles. The van der Waals surface area contributed by atoms with Crippen LogP contribution in [0.2, 0.25) is 0 Å². The van der Waals surface area contributed by atoms with E-state index in [2.05, 4.69) is 41.4 Å². The molecule has 1 aliphatic heterocycles. The molecule has 2 aromatic carbocycles. The quantitative estimate of drug-likeness (QED) is 0.768. The largest absolute Gasteiger partial charge is 0.368 e. The number of primary amides is 1. The van der Waals surface area contributed by atoms with Crippen LogP contribution in [0, 0.1) is 5.82 Å². The van der Waals surface area contributed by atoms with Gasteiger partial charge in [0.1, 0.15) is 5.82 Å². The van der Waals surface area contributed by atoms with Crippen LogP contribution in [-0.4, -0.2) is 48.8 Å². The first-order valence-electron chi connectivity index (χ1n) is 9.42. The Morgan fingerprint density at radius 3 is 2.24 bits per heavy atom. The van der Waals surface area contributed by atoms with Crippen molar-refractivity contribution in [2.75, 3.05) is 36.4 Å². The van der Waals surface area contributed by atoms with Gasteiger partial charge in [-0.1, -0.05) is 19.1 Å². The Labute approximate surface area is 168 Å². The highest BCUT2D eigenvalue weighted by Crippen LogP contribution is 2.18. The summed E-state index contributed by atoms with van der Waals surface area (Å²) in [6.45, 7) is 4.16. The van der Waals surface area contributed by atoms with Gasteiger partial charge in [-0.05, 0) is 42.3 Å². The fourth-order valence-corrected chi connectivity index (χ4v) is 3.23. The molecule has 1 fully saturated rings. The molecule has 0 radical (unpaired) electrons. The molecular formula is C21H23FN4O3. The second-order valence-corrected chi connectivity index (χ2v) is 6.81. The number of nitrogens with two attached hydrogens (primary N) is 1. The average Bonchev–Trinajstić information content (AvgIpc) is 2.73. The van der Waals surface area contributed by atoms with E-state index in [9.17, 15) is 18.8 Å². The van der Waals surface area contributed by atoms with Gasteiger partial charge in [0.25, 0.3) is 5.91 Å². The van der Waals surface area contributed by atoms with Crippen LogP contribution in [0.5, 0.6) is 0 Å². The highest BCUT2D eigenvalue weighted by atomic mass is 19.1. The van der Waals surface area contributed by atoms with Crippen LogP contribution < -0.4 is 16.0 Å². The summed E-state index contributed by atoms with van der Waals surface area (Å²) in [5.41, 5.74) is 7.20. The third-order valence-corrected chi connectivity index (χ3v) is 4.96. The van der Waals surface area contributed by atoms with Crippen LogP contribution in [0.15, 0.2) is 42.5 Å². The van der Waals surface area contributed by atoms with E-state index in [0.29, 0.717) is 26.2 Å². The number of halogens is 1. The summed E-state index contributed by atoms with van der Waals surface area (Å²) in [5.74, 6) is -3.29. The van der Waals surface area contributed by atoms with Gasteiger partial charge in [0.15, 0.2) is 0 Å². The predicted molar refractivity (Wildman–Crippen MR) is 108 cm³/mol. The number of hydrogen-bond donors (Lipinski definition) is 2. The smallest absolute Gasteiger partial charge is 0.313 e. The van der Waals surface area contributed by atoms with Crippen molar-refractivity contribution in [2.24, 2.45) is 5.73 Å². The molecule has 1 aliphatic rings. The summed E-state index contributed by atoms with van der Waals surface area (Å²) >= 11 is 0. The molecule has 0 spiro atoms. The summed E-state index contributed by atoms with van der Waals surface area (Å²) in [6, 6.07) is 11.8. The number of carbonyl (C=O) groups is 3. The maximum Gasteiger partial charge on any atom is 0.313 e. The van der Waals surface area contributed by atoms with Crippen LogP contribution in [0.1, 0.15) is 22.8 Å². The van der Waals surface area contributed by atoms with Crippen molar-refractivity contribution < 1.29 is 18.8 Å². The first-order chi connectivity index (χ1) is 13.9. The maximum absolute atomic E-state index is 13.8. The van der Waals surface area contributed by atoms with Crippen LogP contribution in [0.25, 0.3) is 0 Å². The van der Waals surface area contributed by atoms with E-state index < -0.39 is 23.5 Å². The van der Waals surface area contributed by atoms with Crippen LogP contribution in [0.3, 0.4) is 0 Å². The molecule has 152 valence electrons. The van der Waals surface area contributed by atoms with Crippen molar-refractivity contribution in [3.8, 4) is 0 Å². The number of nitrogens with zero attached hydrogens (tertiary/aromatic N) is 2. The number of benzene rings is 2. The second-order valence-electron chi connectivity index (χ2n) is 6.81. The molecule has 2 aromatic rings. The van der Waals surface area contributed by atoms with E-state index in [1.807, 2.05) is 0 Å². The normalized spacial score (nSPS) is 13.9. The summed E-state index contributed by atoms with van der Waals surface area (Å²) in [5, 5.41) is 2.37. The molecule has 29 heavy (non-hydrogen) atoms. The molecule has 7 nitrogen and oxygen atoms in total. The van der Waals surface area contributed by atoms with Gasteiger partial charge in [-0.3, -0.25) is 14.4 Å². The van der Waals surface area contributed by atoms with Gasteiger partial charge >= 0.3 is 11.8 Å². The van der Waals surface area contributed by atoms with Crippen molar-refractivity contribution in [3.05, 3.63) is 59.4 Å². The third-order valence-electron chi connectivity index (χ3n) is 4.96. The zero-order valence-electron chi connectivity index (χ0n) is 16.2. The van der Waals surface area contributed by atoms with Gasteiger partial charge in [0.2, 0.25) is 0 Å². The number of nitrogens with one attached hydrogen (secondary N) is 1. The summed E-state index contributed by atoms with van der Waals surface area (Å²) < 4.78 is 13.8. The third kappa shape index (κ3) is 4.71. The first-order valence-corrected chi connectivity index (χ1v) is 9.42. The molecule has 3 amide bonds. The number of rotatable bonds is 4. The fraction of sp³-hybridized carbons (Fsp3) is 0.286. The molecule has 3 rings (SSSR count). The fourth-order valence-electron chi connectivity index (χ4n) is 3.23. The van der Waals surface area contributed by atoms with Crippen molar-refractivity contribution in [1.82, 2.24) is 4.90 Å². The lowest BCUT2D eigenvalue weighted by molar-refractivity contribution is -0.143. The van der Waals surface area contributed by atoms with E-state index in [0.717, 1.165) is 18.2 Å². The Kier molecular flexibility index (Phi) is 6.11. The first kappa shape index (κ1) is 20.3. The Hall–Kier alpha value is -3.42. The molecule has 0 unspecified atom stereocenters. The van der Waals surface area contributed by atoms with E-state index in [1.54, 1.807) is 0 Å². The molecule has 0 aromatic heterocycles. The lowest BCUT2D eigenvalue weighted by atomic mass is 10.1. The summed E-state index contributed by atoms with van der Waals surface area (Å²) in [6.07, 6.45) is 0.979. The highest BCUT2D eigenvalue weighted by molar-refractivity contribution is 6.39. The van der Waals surface area contributed by atoms with E-state index in [-0.39, 0.29) is 11.3 Å². The number of anilines is 2. The van der Waals surface area contributed by atoms with Crippen molar-refractivity contribution in [2.45, 2.75) is 13.3 Å². The standard InChI is InChI=1S/C21H23FN4O3/c1-2-14-3-6-16(7-4-14)25-9-11-26(12-10-25)21(29)20(28)24-15-5-8-17(19(23)27)18(22)13-15/h3-8,13H,2,9-12H2,1H3,(H2,23,27)(H,24,28). The molecule has 0 aliphatic carbocycles. The van der Waals surface area contributed by atoms with E-state index >= 15 is 0 Å². The zero-order valence-corrected chi connectivity index (χ0v) is 16.2. The topological polar surface area (TPSA) is 95.7 Å². The van der Waals surface area contributed by atoms with Gasteiger partial charge in [-0.15, -0.1) is 0 Å². The van der Waals surface area contributed by atoms with E-state index in [4.69, 9.17) is 5.73 Å². The van der Waals surface area contributed by atoms with Crippen LogP contribution in [-0.2, 0) is 16.0 Å². The van der Waals surface area contributed by atoms with Gasteiger partial charge in [-0.25, -0.2) is 4.39 Å². The SMILES string of the molecule is CCc1ccc(N2CCN(C(=O)C(=O)Nc3ccc(C(N)=O)c(F)c3)CC2)cc1. The monoisotopic (exact) mass is 398 g/mol. The van der Waals surface area contributed by atoms with Gasteiger partial charge in [0, 0.05) is 37.6 Å². The Morgan fingerprint density at radius 2 is 1.69 bits per heavy atom. The number of carbonyl (C=O) groups excluding carboxylic acids is 3. The van der Waals surface area contributed by atoms with Crippen molar-refractivity contribution in [3.63, 3.8) is 0 Å². The number of piperazine rings is 1. The Morgan fingerprint density at radius 1 is 1.03 bits per heavy atom. The number of aryl methyl sites for hydroxylation is 1. The van der Waals surface area contributed by atoms with Crippen LogP contribution in [0.4, 0.5) is 15.8 Å². The minimum atomic E-state index is -0.904. The van der Waals surface area contributed by atoms with Crippen LogP contribution >= 0.6 is 0 Å². The minimum absolute atomic E-state index is 0.0838. The minimum Gasteiger partial charge on any atom is -0.368 e. The lowest BCUT2D eigenvalue weighted by Crippen LogP contribution is -2.51. The molecule has 1 heterocycles. The lowest BCUT2D eigenvalue weighted by Gasteiger charge is -2.35. The van der Waals surface area contributed by atoms with Gasteiger partial charge < -0.3 is 20.9 Å². The molecule has 0 atom stereocenters. The summed E-state index contributed by atoms with van der Waals surface area (Å²) in [7, 11) is 0. The Bertz CT molecular complexity index is 922. The number of hydrogen-bond acceptors (Lipinski definition) is 4. The molecule has 3 N–H and O–H groups in total. The van der Waals surface area contributed by atoms with Gasteiger partial charge in [0.05, 0.1) is 5.56 Å². The highest BCUT2D eigenvalue weighted by Gasteiger charge is 2.26. The molecular weight excluding hydrogens is 375 g/mol. The Balaban J connectivity index is 1.56. The van der Waals surface area contributed by atoms with Crippen molar-refractivity contribution >= 4 is 29.1 Å².